The number of nitrogens with one attached hydrogen (secondary N) is 2. The van der Waals surface area contributed by atoms with Gasteiger partial charge >= 0.3 is 0 Å². The SMILES string of the molecule is CC(=O)c1c[nH]c(C(=O)NC(CO)C(O)c2ccccn2)c1. The number of hydrogen-bond acceptors (Lipinski definition) is 5. The lowest BCUT2D eigenvalue weighted by molar-refractivity contribution is 0.0685. The van der Waals surface area contributed by atoms with E-state index in [9.17, 15) is 19.8 Å². The maximum absolute atomic E-state index is 12.1. The highest BCUT2D eigenvalue weighted by atomic mass is 16.3. The van der Waals surface area contributed by atoms with Crippen LogP contribution in [0, 0.1) is 0 Å². The van der Waals surface area contributed by atoms with E-state index in [0.717, 1.165) is 0 Å². The summed E-state index contributed by atoms with van der Waals surface area (Å²) in [7, 11) is 0. The summed E-state index contributed by atoms with van der Waals surface area (Å²) in [4.78, 5) is 30.0. The minimum absolute atomic E-state index is 0.164. The van der Waals surface area contributed by atoms with Gasteiger partial charge in [-0.05, 0) is 25.1 Å². The van der Waals surface area contributed by atoms with Crippen LogP contribution in [-0.2, 0) is 0 Å². The monoisotopic (exact) mass is 303 g/mol. The quantitative estimate of drug-likeness (QED) is 0.578. The standard InChI is InChI=1S/C15H17N3O4/c1-9(20)10-6-12(17-7-10)15(22)18-13(8-19)14(21)11-4-2-3-5-16-11/h2-7,13-14,17,19,21H,8H2,1H3,(H,18,22). The summed E-state index contributed by atoms with van der Waals surface area (Å²) in [6.45, 7) is 0.940. The fourth-order valence-electron chi connectivity index (χ4n) is 1.96. The lowest BCUT2D eigenvalue weighted by Gasteiger charge is -2.21. The van der Waals surface area contributed by atoms with Gasteiger partial charge in [0, 0.05) is 18.0 Å². The second kappa shape index (κ2) is 6.97. The molecule has 2 rings (SSSR count). The van der Waals surface area contributed by atoms with E-state index in [1.807, 2.05) is 0 Å². The molecule has 0 radical (unpaired) electrons. The van der Waals surface area contributed by atoms with Crippen LogP contribution in [0.4, 0.5) is 0 Å². The average molecular weight is 303 g/mol. The van der Waals surface area contributed by atoms with Gasteiger partial charge < -0.3 is 20.5 Å². The average Bonchev–Trinajstić information content (AvgIpc) is 3.03. The molecule has 4 N–H and O–H groups in total. The molecule has 0 fully saturated rings. The number of carbonyl (C=O) groups is 2. The Hall–Kier alpha value is -2.51. The van der Waals surface area contributed by atoms with Gasteiger partial charge in [0.05, 0.1) is 18.3 Å². The Labute approximate surface area is 127 Å². The van der Waals surface area contributed by atoms with E-state index in [0.29, 0.717) is 11.3 Å². The Bertz CT molecular complexity index is 654. The van der Waals surface area contributed by atoms with E-state index in [1.165, 1.54) is 25.4 Å². The molecule has 1 amide bonds. The first kappa shape index (κ1) is 15.9. The maximum Gasteiger partial charge on any atom is 0.268 e. The molecule has 2 aromatic rings. The van der Waals surface area contributed by atoms with Crippen molar-refractivity contribution in [2.75, 3.05) is 6.61 Å². The molecule has 2 heterocycles. The third kappa shape index (κ3) is 3.57. The number of nitrogens with zero attached hydrogens (tertiary/aromatic N) is 1. The molecular formula is C15H17N3O4. The molecule has 2 aromatic heterocycles. The van der Waals surface area contributed by atoms with Crippen LogP contribution in [0.1, 0.15) is 39.6 Å². The highest BCUT2D eigenvalue weighted by molar-refractivity contribution is 5.99. The number of carbonyl (C=O) groups excluding carboxylic acids is 2. The molecule has 0 aromatic carbocycles. The van der Waals surface area contributed by atoms with Crippen molar-refractivity contribution in [3.05, 3.63) is 53.6 Å². The molecule has 2 unspecified atom stereocenters. The summed E-state index contributed by atoms with van der Waals surface area (Å²) >= 11 is 0. The van der Waals surface area contributed by atoms with E-state index in [4.69, 9.17) is 0 Å². The number of ketones is 1. The molecule has 0 saturated heterocycles. The first-order valence-corrected chi connectivity index (χ1v) is 6.73. The molecule has 0 saturated carbocycles. The molecule has 0 aliphatic carbocycles. The first-order chi connectivity index (χ1) is 10.5. The predicted molar refractivity (Wildman–Crippen MR) is 78.3 cm³/mol. The number of hydrogen-bond donors (Lipinski definition) is 4. The smallest absolute Gasteiger partial charge is 0.268 e. The zero-order chi connectivity index (χ0) is 16.1. The largest absolute Gasteiger partial charge is 0.394 e. The van der Waals surface area contributed by atoms with Crippen molar-refractivity contribution >= 4 is 11.7 Å². The number of aromatic nitrogens is 2. The number of aliphatic hydroxyl groups excluding tert-OH is 2. The van der Waals surface area contributed by atoms with Crippen LogP contribution in [-0.4, -0.2) is 44.5 Å². The number of H-pyrrole nitrogens is 1. The van der Waals surface area contributed by atoms with Crippen molar-refractivity contribution in [1.29, 1.82) is 0 Å². The fourth-order valence-corrected chi connectivity index (χ4v) is 1.96. The summed E-state index contributed by atoms with van der Waals surface area (Å²) < 4.78 is 0. The Kier molecular flexibility index (Phi) is 5.03. The molecule has 0 aliphatic heterocycles. The lowest BCUT2D eigenvalue weighted by Crippen LogP contribution is -2.42. The van der Waals surface area contributed by atoms with E-state index >= 15 is 0 Å². The summed E-state index contributed by atoms with van der Waals surface area (Å²) in [6.07, 6.45) is 1.80. The second-order valence-electron chi connectivity index (χ2n) is 4.82. The van der Waals surface area contributed by atoms with Gasteiger partial charge in [-0.15, -0.1) is 0 Å². The number of aliphatic hydroxyl groups is 2. The molecule has 7 heteroatoms. The molecular weight excluding hydrogens is 286 g/mol. The molecule has 7 nitrogen and oxygen atoms in total. The molecule has 2 atom stereocenters. The third-order valence-corrected chi connectivity index (χ3v) is 3.22. The van der Waals surface area contributed by atoms with Gasteiger partial charge in [0.15, 0.2) is 5.78 Å². The van der Waals surface area contributed by atoms with Gasteiger partial charge in [-0.25, -0.2) is 0 Å². The summed E-state index contributed by atoms with van der Waals surface area (Å²) in [5, 5.41) is 22.1. The zero-order valence-electron chi connectivity index (χ0n) is 12.0. The van der Waals surface area contributed by atoms with Gasteiger partial charge in [-0.1, -0.05) is 6.07 Å². The number of aromatic amines is 1. The van der Waals surface area contributed by atoms with Crippen LogP contribution >= 0.6 is 0 Å². The molecule has 0 aliphatic rings. The molecule has 0 bridgehead atoms. The summed E-state index contributed by atoms with van der Waals surface area (Å²) in [6, 6.07) is 5.50. The maximum atomic E-state index is 12.1. The van der Waals surface area contributed by atoms with E-state index in [2.05, 4.69) is 15.3 Å². The highest BCUT2D eigenvalue weighted by Crippen LogP contribution is 2.14. The minimum Gasteiger partial charge on any atom is -0.394 e. The van der Waals surface area contributed by atoms with Gasteiger partial charge in [-0.3, -0.25) is 14.6 Å². The first-order valence-electron chi connectivity index (χ1n) is 6.73. The van der Waals surface area contributed by atoms with Crippen molar-refractivity contribution < 1.29 is 19.8 Å². The summed E-state index contributed by atoms with van der Waals surface area (Å²) in [5.74, 6) is -0.691. The molecule has 116 valence electrons. The minimum atomic E-state index is -1.14. The summed E-state index contributed by atoms with van der Waals surface area (Å²) in [5.41, 5.74) is 0.908. The van der Waals surface area contributed by atoms with E-state index in [1.54, 1.807) is 18.2 Å². The van der Waals surface area contributed by atoms with Crippen LogP contribution < -0.4 is 5.32 Å². The van der Waals surface area contributed by atoms with Gasteiger partial charge in [-0.2, -0.15) is 0 Å². The Morgan fingerprint density at radius 2 is 2.18 bits per heavy atom. The van der Waals surface area contributed by atoms with Crippen LogP contribution in [0.3, 0.4) is 0 Å². The zero-order valence-corrected chi connectivity index (χ0v) is 12.0. The van der Waals surface area contributed by atoms with Gasteiger partial charge in [0.25, 0.3) is 5.91 Å². The topological polar surface area (TPSA) is 115 Å². The highest BCUT2D eigenvalue weighted by Gasteiger charge is 2.24. The van der Waals surface area contributed by atoms with Crippen molar-refractivity contribution in [2.24, 2.45) is 0 Å². The van der Waals surface area contributed by atoms with E-state index in [-0.39, 0.29) is 11.5 Å². The van der Waals surface area contributed by atoms with Crippen molar-refractivity contribution in [1.82, 2.24) is 15.3 Å². The van der Waals surface area contributed by atoms with Crippen LogP contribution in [0.15, 0.2) is 36.7 Å². The van der Waals surface area contributed by atoms with Crippen molar-refractivity contribution in [2.45, 2.75) is 19.1 Å². The number of pyridine rings is 1. The van der Waals surface area contributed by atoms with Crippen LogP contribution in [0.25, 0.3) is 0 Å². The number of amides is 1. The number of Topliss-reactive ketones (excluding diaryl/α,β-unsaturated/α-hetero) is 1. The Morgan fingerprint density at radius 1 is 1.41 bits per heavy atom. The number of rotatable bonds is 6. The van der Waals surface area contributed by atoms with Crippen LogP contribution in [0.2, 0.25) is 0 Å². The molecule has 22 heavy (non-hydrogen) atoms. The Balaban J connectivity index is 2.09. The third-order valence-electron chi connectivity index (χ3n) is 3.22. The van der Waals surface area contributed by atoms with Gasteiger partial charge in [0.1, 0.15) is 11.8 Å². The Morgan fingerprint density at radius 3 is 2.73 bits per heavy atom. The predicted octanol–water partition coefficient (Wildman–Crippen LogP) is 0.437. The van der Waals surface area contributed by atoms with Crippen molar-refractivity contribution in [3.63, 3.8) is 0 Å². The lowest BCUT2D eigenvalue weighted by atomic mass is 10.1. The fraction of sp³-hybridized carbons (Fsp3) is 0.267. The van der Waals surface area contributed by atoms with Crippen molar-refractivity contribution in [3.8, 4) is 0 Å². The van der Waals surface area contributed by atoms with Gasteiger partial charge in [0.2, 0.25) is 0 Å². The molecule has 0 spiro atoms. The van der Waals surface area contributed by atoms with Crippen LogP contribution in [0.5, 0.6) is 0 Å². The second-order valence-corrected chi connectivity index (χ2v) is 4.82. The normalized spacial score (nSPS) is 13.4. The van der Waals surface area contributed by atoms with E-state index < -0.39 is 24.7 Å².